The van der Waals surface area contributed by atoms with Crippen LogP contribution in [0.15, 0.2) is 23.2 Å². The van der Waals surface area contributed by atoms with Gasteiger partial charge in [-0.15, -0.1) is 11.8 Å². The molecule has 0 aliphatic heterocycles. The number of nitrogens with zero attached hydrogens (tertiary/aromatic N) is 2. The first-order chi connectivity index (χ1) is 7.27. The lowest BCUT2D eigenvalue weighted by molar-refractivity contribution is -0.139. The van der Waals surface area contributed by atoms with Gasteiger partial charge in [0.2, 0.25) is 0 Å². The van der Waals surface area contributed by atoms with Crippen LogP contribution in [0.3, 0.4) is 0 Å². The van der Waals surface area contributed by atoms with Gasteiger partial charge >= 0.3 is 5.97 Å². The number of carbonyl (C=O) groups excluding carboxylic acids is 1. The number of aromatic nitrogens is 1. The zero-order valence-electron chi connectivity index (χ0n) is 8.27. The maximum atomic E-state index is 11.1. The van der Waals surface area contributed by atoms with Gasteiger partial charge in [0, 0.05) is 11.1 Å². The zero-order valence-corrected chi connectivity index (χ0v) is 9.08. The van der Waals surface area contributed by atoms with E-state index in [2.05, 4.69) is 4.98 Å². The van der Waals surface area contributed by atoms with E-state index in [1.807, 2.05) is 6.07 Å². The van der Waals surface area contributed by atoms with E-state index in [4.69, 9.17) is 10.00 Å². The minimum Gasteiger partial charge on any atom is -0.465 e. The van der Waals surface area contributed by atoms with E-state index in [0.29, 0.717) is 17.2 Å². The highest BCUT2D eigenvalue weighted by atomic mass is 32.2. The van der Waals surface area contributed by atoms with Crippen molar-refractivity contribution in [2.24, 2.45) is 0 Å². The normalized spacial score (nSPS) is 9.33. The molecule has 1 heterocycles. The van der Waals surface area contributed by atoms with Crippen LogP contribution in [0.25, 0.3) is 0 Å². The topological polar surface area (TPSA) is 63.0 Å². The Morgan fingerprint density at radius 1 is 1.73 bits per heavy atom. The van der Waals surface area contributed by atoms with Crippen molar-refractivity contribution in [2.75, 3.05) is 12.4 Å². The van der Waals surface area contributed by atoms with Crippen molar-refractivity contribution in [3.8, 4) is 6.07 Å². The Bertz CT molecular complexity index is 387. The largest absolute Gasteiger partial charge is 0.465 e. The highest BCUT2D eigenvalue weighted by Crippen LogP contribution is 2.20. The van der Waals surface area contributed by atoms with Crippen molar-refractivity contribution < 1.29 is 9.53 Å². The van der Waals surface area contributed by atoms with Crippen molar-refractivity contribution in [3.05, 3.63) is 24.0 Å². The predicted molar refractivity (Wildman–Crippen MR) is 56.3 cm³/mol. The molecule has 4 nitrogen and oxygen atoms in total. The first kappa shape index (κ1) is 11.5. The molecule has 1 aromatic rings. The van der Waals surface area contributed by atoms with Gasteiger partial charge in [-0.05, 0) is 19.1 Å². The highest BCUT2D eigenvalue weighted by molar-refractivity contribution is 8.00. The molecular weight excluding hydrogens is 212 g/mol. The third-order valence-electron chi connectivity index (χ3n) is 1.53. The van der Waals surface area contributed by atoms with Crippen molar-refractivity contribution in [1.29, 1.82) is 5.26 Å². The van der Waals surface area contributed by atoms with Crippen molar-refractivity contribution in [3.63, 3.8) is 0 Å². The van der Waals surface area contributed by atoms with Gasteiger partial charge in [0.15, 0.2) is 5.69 Å². The van der Waals surface area contributed by atoms with Gasteiger partial charge in [0.25, 0.3) is 0 Å². The average Bonchev–Trinajstić information content (AvgIpc) is 2.27. The summed E-state index contributed by atoms with van der Waals surface area (Å²) in [6.45, 7) is 2.13. The van der Waals surface area contributed by atoms with Crippen LogP contribution in [0, 0.1) is 11.3 Å². The van der Waals surface area contributed by atoms with E-state index >= 15 is 0 Å². The molecule has 1 rings (SSSR count). The minimum absolute atomic E-state index is 0.203. The summed E-state index contributed by atoms with van der Waals surface area (Å²) in [4.78, 5) is 15.7. The van der Waals surface area contributed by atoms with Crippen molar-refractivity contribution in [1.82, 2.24) is 4.98 Å². The van der Waals surface area contributed by atoms with E-state index in [1.54, 1.807) is 25.3 Å². The Morgan fingerprint density at radius 3 is 3.20 bits per heavy atom. The summed E-state index contributed by atoms with van der Waals surface area (Å²) < 4.78 is 4.77. The second kappa shape index (κ2) is 6.04. The van der Waals surface area contributed by atoms with E-state index in [1.165, 1.54) is 11.8 Å². The summed E-state index contributed by atoms with van der Waals surface area (Å²) in [5, 5.41) is 8.75. The van der Waals surface area contributed by atoms with Crippen LogP contribution < -0.4 is 0 Å². The fraction of sp³-hybridized carbons (Fsp3) is 0.300. The molecule has 0 spiro atoms. The van der Waals surface area contributed by atoms with Crippen molar-refractivity contribution in [2.45, 2.75) is 11.8 Å². The molecule has 0 radical (unpaired) electrons. The molecule has 78 valence electrons. The molecule has 0 aliphatic carbocycles. The van der Waals surface area contributed by atoms with Crippen molar-refractivity contribution >= 4 is 17.7 Å². The standard InChI is InChI=1S/C10H10N2O2S/c1-2-14-10(13)7-15-9-4-3-5-12-8(9)6-11/h3-5H,2,7H2,1H3. The summed E-state index contributed by atoms with van der Waals surface area (Å²) in [5.74, 6) is -0.0796. The molecule has 15 heavy (non-hydrogen) atoms. The lowest BCUT2D eigenvalue weighted by Crippen LogP contribution is -2.06. The SMILES string of the molecule is CCOC(=O)CSc1cccnc1C#N. The molecule has 5 heteroatoms. The van der Waals surface area contributed by atoms with Crippen LogP contribution >= 0.6 is 11.8 Å². The van der Waals surface area contributed by atoms with E-state index < -0.39 is 0 Å². The number of hydrogen-bond donors (Lipinski definition) is 0. The van der Waals surface area contributed by atoms with Crippen LogP contribution in [-0.4, -0.2) is 23.3 Å². The molecule has 0 bridgehead atoms. The lowest BCUT2D eigenvalue weighted by Gasteiger charge is -2.02. The number of ether oxygens (including phenoxy) is 1. The predicted octanol–water partition coefficient (Wildman–Crippen LogP) is 1.61. The molecular formula is C10H10N2O2S. The van der Waals surface area contributed by atoms with E-state index in [9.17, 15) is 4.79 Å². The third kappa shape index (κ3) is 3.60. The molecule has 0 fully saturated rings. The van der Waals surface area contributed by atoms with Crippen LogP contribution in [0.1, 0.15) is 12.6 Å². The van der Waals surface area contributed by atoms with Gasteiger partial charge in [0.1, 0.15) is 6.07 Å². The first-order valence-electron chi connectivity index (χ1n) is 4.41. The Kier molecular flexibility index (Phi) is 4.64. The number of nitriles is 1. The number of carbonyl (C=O) groups is 1. The first-order valence-corrected chi connectivity index (χ1v) is 5.40. The summed E-state index contributed by atoms with van der Waals surface area (Å²) >= 11 is 1.26. The lowest BCUT2D eigenvalue weighted by atomic mass is 10.4. The summed E-state index contributed by atoms with van der Waals surface area (Å²) in [6.07, 6.45) is 1.55. The van der Waals surface area contributed by atoms with Gasteiger partial charge in [-0.3, -0.25) is 4.79 Å². The number of rotatable bonds is 4. The van der Waals surface area contributed by atoms with Gasteiger partial charge in [-0.25, -0.2) is 4.98 Å². The van der Waals surface area contributed by atoms with Crippen LogP contribution in [0.4, 0.5) is 0 Å². The molecule has 0 aliphatic rings. The molecule has 0 amide bonds. The molecule has 0 unspecified atom stereocenters. The Morgan fingerprint density at radius 2 is 2.53 bits per heavy atom. The van der Waals surface area contributed by atoms with Gasteiger partial charge in [-0.2, -0.15) is 5.26 Å². The molecule has 0 aromatic carbocycles. The second-order valence-corrected chi connectivity index (χ2v) is 3.57. The number of thioether (sulfide) groups is 1. The maximum absolute atomic E-state index is 11.1. The van der Waals surface area contributed by atoms with Crippen LogP contribution in [-0.2, 0) is 9.53 Å². The van der Waals surface area contributed by atoms with E-state index in [0.717, 1.165) is 0 Å². The number of hydrogen-bond acceptors (Lipinski definition) is 5. The highest BCUT2D eigenvalue weighted by Gasteiger charge is 2.07. The number of esters is 1. The van der Waals surface area contributed by atoms with Crippen LogP contribution in [0.5, 0.6) is 0 Å². The second-order valence-electron chi connectivity index (χ2n) is 2.56. The van der Waals surface area contributed by atoms with Gasteiger partial charge in [0.05, 0.1) is 12.4 Å². The Labute approximate surface area is 92.3 Å². The molecule has 1 aromatic heterocycles. The maximum Gasteiger partial charge on any atom is 0.316 e. The zero-order chi connectivity index (χ0) is 11.1. The Hall–Kier alpha value is -1.54. The fourth-order valence-corrected chi connectivity index (χ4v) is 1.70. The van der Waals surface area contributed by atoms with Gasteiger partial charge in [-0.1, -0.05) is 0 Å². The number of pyridine rings is 1. The minimum atomic E-state index is -0.282. The van der Waals surface area contributed by atoms with E-state index in [-0.39, 0.29) is 11.7 Å². The third-order valence-corrected chi connectivity index (χ3v) is 2.55. The fourth-order valence-electron chi connectivity index (χ4n) is 0.930. The van der Waals surface area contributed by atoms with Gasteiger partial charge < -0.3 is 4.74 Å². The molecule has 0 N–H and O–H groups in total. The monoisotopic (exact) mass is 222 g/mol. The van der Waals surface area contributed by atoms with Crippen LogP contribution in [0.2, 0.25) is 0 Å². The summed E-state index contributed by atoms with van der Waals surface area (Å²) in [6, 6.07) is 5.46. The Balaban J connectivity index is 2.58. The quantitative estimate of drug-likeness (QED) is 0.572. The molecule has 0 saturated carbocycles. The average molecular weight is 222 g/mol. The molecule has 0 atom stereocenters. The summed E-state index contributed by atoms with van der Waals surface area (Å²) in [5.41, 5.74) is 0.340. The smallest absolute Gasteiger partial charge is 0.316 e. The molecule has 0 saturated heterocycles. The summed E-state index contributed by atoms with van der Waals surface area (Å²) in [7, 11) is 0.